The summed E-state index contributed by atoms with van der Waals surface area (Å²) in [6.07, 6.45) is 0.0574. The number of nitrogens with zero attached hydrogens (tertiary/aromatic N) is 2. The molecule has 1 saturated heterocycles. The molecule has 1 fully saturated rings. The van der Waals surface area contributed by atoms with Gasteiger partial charge in [0.25, 0.3) is 0 Å². The molecular formula is C32H35N3O5S. The average Bonchev–Trinajstić information content (AvgIpc) is 3.45. The number of hydrogen-bond acceptors (Lipinski definition) is 9. The SMILES string of the molecule is COc1ccc(C(=O)CC(CN2CCNCC2)C(=O)c2ccc(OC)c(-c3csc4c(C)cccc34)n2)cc1OC. The van der Waals surface area contributed by atoms with Crippen LogP contribution in [0.2, 0.25) is 0 Å². The van der Waals surface area contributed by atoms with Crippen LogP contribution in [-0.4, -0.2) is 75.5 Å². The number of benzene rings is 2. The fraction of sp³-hybridized carbons (Fsp3) is 0.344. The first-order chi connectivity index (χ1) is 19.9. The number of carbonyl (C=O) groups is 2. The number of Topliss-reactive ketones (excluding diaryl/α,β-unsaturated/α-hetero) is 2. The van der Waals surface area contributed by atoms with Crippen LogP contribution in [0.25, 0.3) is 21.3 Å². The Bertz CT molecular complexity index is 1560. The van der Waals surface area contributed by atoms with E-state index in [-0.39, 0.29) is 18.0 Å². The molecule has 2 aromatic heterocycles. The van der Waals surface area contributed by atoms with Gasteiger partial charge in [0.15, 0.2) is 23.1 Å². The van der Waals surface area contributed by atoms with Crippen LogP contribution in [0.3, 0.4) is 0 Å². The lowest BCUT2D eigenvalue weighted by Gasteiger charge is -2.30. The molecule has 1 N–H and O–H groups in total. The first kappa shape index (κ1) is 28.7. The molecule has 0 bridgehead atoms. The van der Waals surface area contributed by atoms with Crippen LogP contribution in [0.1, 0.15) is 32.8 Å². The first-order valence-corrected chi connectivity index (χ1v) is 14.6. The van der Waals surface area contributed by atoms with Crippen molar-refractivity contribution in [1.29, 1.82) is 0 Å². The third-order valence-corrected chi connectivity index (χ3v) is 8.71. The van der Waals surface area contributed by atoms with Gasteiger partial charge < -0.3 is 24.4 Å². The Morgan fingerprint density at radius 3 is 2.44 bits per heavy atom. The van der Waals surface area contributed by atoms with Crippen molar-refractivity contribution in [2.45, 2.75) is 13.3 Å². The number of pyridine rings is 1. The Morgan fingerprint density at radius 1 is 0.976 bits per heavy atom. The molecule has 0 amide bonds. The van der Waals surface area contributed by atoms with Crippen LogP contribution in [0.5, 0.6) is 17.2 Å². The van der Waals surface area contributed by atoms with Crippen molar-refractivity contribution >= 4 is 33.0 Å². The van der Waals surface area contributed by atoms with Gasteiger partial charge in [0.1, 0.15) is 17.1 Å². The number of aryl methyl sites for hydroxylation is 1. The lowest BCUT2D eigenvalue weighted by Crippen LogP contribution is -2.46. The number of piperazine rings is 1. The first-order valence-electron chi connectivity index (χ1n) is 13.7. The molecule has 3 heterocycles. The number of thiophene rings is 1. The molecule has 1 atom stereocenters. The predicted octanol–water partition coefficient (Wildman–Crippen LogP) is 5.27. The highest BCUT2D eigenvalue weighted by Gasteiger charge is 2.29. The molecule has 2 aromatic carbocycles. The quantitative estimate of drug-likeness (QED) is 0.243. The van der Waals surface area contributed by atoms with Gasteiger partial charge in [-0.2, -0.15) is 0 Å². The van der Waals surface area contributed by atoms with E-state index in [0.717, 1.165) is 37.1 Å². The van der Waals surface area contributed by atoms with Gasteiger partial charge in [0, 0.05) is 71.7 Å². The van der Waals surface area contributed by atoms with E-state index in [0.29, 0.717) is 40.7 Å². The van der Waals surface area contributed by atoms with E-state index in [1.54, 1.807) is 55.9 Å². The molecule has 0 spiro atoms. The molecule has 5 rings (SSSR count). The van der Waals surface area contributed by atoms with E-state index in [1.165, 1.54) is 17.4 Å². The second-order valence-electron chi connectivity index (χ2n) is 10.2. The summed E-state index contributed by atoms with van der Waals surface area (Å²) < 4.78 is 17.6. The van der Waals surface area contributed by atoms with E-state index in [1.807, 2.05) is 6.07 Å². The predicted molar refractivity (Wildman–Crippen MR) is 162 cm³/mol. The summed E-state index contributed by atoms with van der Waals surface area (Å²) in [5.74, 6) is 0.766. The number of hydrogen-bond donors (Lipinski definition) is 1. The minimum Gasteiger partial charge on any atom is -0.494 e. The van der Waals surface area contributed by atoms with Gasteiger partial charge in [0.05, 0.1) is 21.3 Å². The number of methoxy groups -OCH3 is 3. The van der Waals surface area contributed by atoms with Crippen molar-refractivity contribution in [3.63, 3.8) is 0 Å². The molecule has 1 aliphatic heterocycles. The normalized spacial score (nSPS) is 14.5. The molecule has 0 saturated carbocycles. The molecule has 0 aliphatic carbocycles. The molecule has 214 valence electrons. The lowest BCUT2D eigenvalue weighted by atomic mass is 9.91. The Labute approximate surface area is 244 Å². The van der Waals surface area contributed by atoms with Crippen molar-refractivity contribution in [3.05, 3.63) is 70.7 Å². The summed E-state index contributed by atoms with van der Waals surface area (Å²) >= 11 is 1.65. The minimum atomic E-state index is -0.566. The molecule has 9 heteroatoms. The molecule has 0 radical (unpaired) electrons. The largest absolute Gasteiger partial charge is 0.494 e. The summed E-state index contributed by atoms with van der Waals surface area (Å²) in [7, 11) is 4.70. The maximum absolute atomic E-state index is 14.1. The van der Waals surface area contributed by atoms with Gasteiger partial charge in [-0.25, -0.2) is 4.98 Å². The fourth-order valence-electron chi connectivity index (χ4n) is 5.33. The number of carbonyl (C=O) groups excluding carboxylic acids is 2. The van der Waals surface area contributed by atoms with E-state index in [4.69, 9.17) is 19.2 Å². The molecule has 4 aromatic rings. The van der Waals surface area contributed by atoms with Gasteiger partial charge in [-0.15, -0.1) is 11.3 Å². The van der Waals surface area contributed by atoms with E-state index in [2.05, 4.69) is 34.7 Å². The van der Waals surface area contributed by atoms with Crippen molar-refractivity contribution in [3.8, 4) is 28.5 Å². The van der Waals surface area contributed by atoms with Gasteiger partial charge in [-0.05, 0) is 42.8 Å². The van der Waals surface area contributed by atoms with Gasteiger partial charge in [-0.1, -0.05) is 18.2 Å². The highest BCUT2D eigenvalue weighted by atomic mass is 32.1. The van der Waals surface area contributed by atoms with Crippen LogP contribution in [0.15, 0.2) is 53.9 Å². The Hall–Kier alpha value is -3.79. The zero-order chi connectivity index (χ0) is 28.9. The average molecular weight is 574 g/mol. The number of ether oxygens (including phenoxy) is 3. The van der Waals surface area contributed by atoms with Gasteiger partial charge >= 0.3 is 0 Å². The van der Waals surface area contributed by atoms with E-state index in [9.17, 15) is 9.59 Å². The summed E-state index contributed by atoms with van der Waals surface area (Å²) in [5, 5.41) is 6.49. The lowest BCUT2D eigenvalue weighted by molar-refractivity contribution is 0.0801. The van der Waals surface area contributed by atoms with Crippen molar-refractivity contribution in [2.75, 3.05) is 54.1 Å². The second-order valence-corrected chi connectivity index (χ2v) is 11.0. The molecular weight excluding hydrogens is 538 g/mol. The third-order valence-electron chi connectivity index (χ3n) is 7.58. The second kappa shape index (κ2) is 12.8. The summed E-state index contributed by atoms with van der Waals surface area (Å²) in [4.78, 5) is 34.7. The molecule has 41 heavy (non-hydrogen) atoms. The van der Waals surface area contributed by atoms with Crippen molar-refractivity contribution in [2.24, 2.45) is 5.92 Å². The smallest absolute Gasteiger partial charge is 0.185 e. The van der Waals surface area contributed by atoms with Gasteiger partial charge in [-0.3, -0.25) is 9.59 Å². The number of ketones is 2. The standard InChI is InChI=1S/C32H35N3O5S/c1-20-6-5-7-23-24(19-41-32(20)23)30-28(39-3)11-9-25(34-30)31(37)22(18-35-14-12-33-13-15-35)16-26(36)21-8-10-27(38-2)29(17-21)40-4/h5-11,17,19,22,33H,12-16,18H2,1-4H3. The molecule has 1 unspecified atom stereocenters. The maximum Gasteiger partial charge on any atom is 0.185 e. The van der Waals surface area contributed by atoms with Crippen LogP contribution in [0.4, 0.5) is 0 Å². The Morgan fingerprint density at radius 2 is 1.71 bits per heavy atom. The topological polar surface area (TPSA) is 90.0 Å². The highest BCUT2D eigenvalue weighted by Crippen LogP contribution is 2.39. The third kappa shape index (κ3) is 6.12. The van der Waals surface area contributed by atoms with Crippen LogP contribution in [-0.2, 0) is 0 Å². The number of rotatable bonds is 11. The Balaban J connectivity index is 1.48. The maximum atomic E-state index is 14.1. The zero-order valence-corrected chi connectivity index (χ0v) is 24.7. The number of fused-ring (bicyclic) bond motifs is 1. The minimum absolute atomic E-state index is 0.0574. The molecule has 8 nitrogen and oxygen atoms in total. The van der Waals surface area contributed by atoms with E-state index < -0.39 is 5.92 Å². The molecule has 1 aliphatic rings. The van der Waals surface area contributed by atoms with Crippen molar-refractivity contribution in [1.82, 2.24) is 15.2 Å². The van der Waals surface area contributed by atoms with Gasteiger partial charge in [0.2, 0.25) is 0 Å². The monoisotopic (exact) mass is 573 g/mol. The summed E-state index contributed by atoms with van der Waals surface area (Å²) in [5.41, 5.74) is 3.55. The van der Waals surface area contributed by atoms with Crippen LogP contribution < -0.4 is 19.5 Å². The van der Waals surface area contributed by atoms with E-state index >= 15 is 0 Å². The highest BCUT2D eigenvalue weighted by molar-refractivity contribution is 7.18. The van der Waals surface area contributed by atoms with Crippen LogP contribution >= 0.6 is 11.3 Å². The van der Waals surface area contributed by atoms with Crippen LogP contribution in [0, 0.1) is 12.8 Å². The summed E-state index contributed by atoms with van der Waals surface area (Å²) in [6.45, 7) is 5.89. The fourth-order valence-corrected chi connectivity index (χ4v) is 6.37. The number of nitrogens with one attached hydrogen (secondary N) is 1. The zero-order valence-electron chi connectivity index (χ0n) is 23.9. The Kier molecular flexibility index (Phi) is 8.97. The van der Waals surface area contributed by atoms with Crippen molar-refractivity contribution < 1.29 is 23.8 Å². The number of aromatic nitrogens is 1. The summed E-state index contributed by atoms with van der Waals surface area (Å²) in [6, 6.07) is 14.8.